The number of carbonyl (C=O) groups excluding carboxylic acids is 1. The van der Waals surface area contributed by atoms with Crippen LogP contribution in [-0.4, -0.2) is 26.2 Å². The number of amides is 1. The van der Waals surface area contributed by atoms with Gasteiger partial charge in [-0.05, 0) is 44.2 Å². The predicted octanol–water partition coefficient (Wildman–Crippen LogP) is 3.01. The zero-order valence-corrected chi connectivity index (χ0v) is 15.6. The summed E-state index contributed by atoms with van der Waals surface area (Å²) < 4.78 is 10.7. The molecule has 0 spiro atoms. The summed E-state index contributed by atoms with van der Waals surface area (Å²) in [7, 11) is 3.20. The van der Waals surface area contributed by atoms with Crippen LogP contribution in [0.5, 0.6) is 11.5 Å². The van der Waals surface area contributed by atoms with Gasteiger partial charge in [0.05, 0.1) is 25.5 Å². The number of quaternary nitrogens is 1. The van der Waals surface area contributed by atoms with Crippen molar-refractivity contribution in [3.63, 3.8) is 0 Å². The van der Waals surface area contributed by atoms with Gasteiger partial charge < -0.3 is 20.1 Å². The van der Waals surface area contributed by atoms with Crippen molar-refractivity contribution < 1.29 is 19.6 Å². The number of nitrogens with two attached hydrogens (primary N) is 1. The molecule has 0 aromatic heterocycles. The lowest BCUT2D eigenvalue weighted by molar-refractivity contribution is -0.709. The summed E-state index contributed by atoms with van der Waals surface area (Å²) in [5.74, 6) is 1.26. The number of hydrogen-bond acceptors (Lipinski definition) is 3. The molecule has 0 aliphatic heterocycles. The molecule has 0 aliphatic rings. The lowest BCUT2D eigenvalue weighted by Crippen LogP contribution is -2.91. The van der Waals surface area contributed by atoms with E-state index >= 15 is 0 Å². The van der Waals surface area contributed by atoms with Crippen molar-refractivity contribution in [2.75, 3.05) is 19.5 Å². The predicted molar refractivity (Wildman–Crippen MR) is 99.4 cm³/mol. The van der Waals surface area contributed by atoms with Gasteiger partial charge >= 0.3 is 0 Å². The summed E-state index contributed by atoms with van der Waals surface area (Å²) in [4.78, 5) is 12.5. The molecule has 3 N–H and O–H groups in total. The first-order valence-corrected chi connectivity index (χ1v) is 8.46. The van der Waals surface area contributed by atoms with Gasteiger partial charge in [-0.3, -0.25) is 4.79 Å². The number of halogens is 1. The fraction of sp³-hybridized carbons (Fsp3) is 0.316. The maximum Gasteiger partial charge on any atom is 0.282 e. The molecular formula is C19H24ClN2O3+. The maximum atomic E-state index is 12.5. The van der Waals surface area contributed by atoms with Gasteiger partial charge in [0.15, 0.2) is 6.04 Å². The fourth-order valence-corrected chi connectivity index (χ4v) is 2.86. The van der Waals surface area contributed by atoms with Crippen molar-refractivity contribution in [2.24, 2.45) is 0 Å². The van der Waals surface area contributed by atoms with Crippen molar-refractivity contribution in [1.82, 2.24) is 0 Å². The second kappa shape index (κ2) is 8.74. The number of nitrogens with one attached hydrogen (secondary N) is 1. The van der Waals surface area contributed by atoms with Gasteiger partial charge in [0.2, 0.25) is 0 Å². The van der Waals surface area contributed by atoms with Gasteiger partial charge in [-0.1, -0.05) is 23.7 Å². The van der Waals surface area contributed by atoms with Crippen LogP contribution in [0.25, 0.3) is 0 Å². The molecule has 0 saturated heterocycles. The molecule has 1 amide bonds. The molecular weight excluding hydrogens is 340 g/mol. The average Bonchev–Trinajstić information content (AvgIpc) is 2.61. The first-order chi connectivity index (χ1) is 12.0. The van der Waals surface area contributed by atoms with E-state index in [9.17, 15) is 4.79 Å². The largest absolute Gasteiger partial charge is 0.496 e. The number of carbonyl (C=O) groups is 1. The van der Waals surface area contributed by atoms with Gasteiger partial charge in [0.25, 0.3) is 5.91 Å². The van der Waals surface area contributed by atoms with Crippen molar-refractivity contribution in [1.29, 1.82) is 0 Å². The van der Waals surface area contributed by atoms with Crippen LogP contribution in [0, 0.1) is 0 Å². The van der Waals surface area contributed by atoms with Gasteiger partial charge in [0.1, 0.15) is 17.5 Å². The number of para-hydroxylation sites is 1. The Morgan fingerprint density at radius 3 is 2.44 bits per heavy atom. The Bertz CT molecular complexity index is 736. The molecule has 2 atom stereocenters. The number of methoxy groups -OCH3 is 2. The molecule has 0 radical (unpaired) electrons. The highest BCUT2D eigenvalue weighted by Gasteiger charge is 2.23. The third kappa shape index (κ3) is 4.87. The topological polar surface area (TPSA) is 64.2 Å². The van der Waals surface area contributed by atoms with Crippen LogP contribution >= 0.6 is 11.6 Å². The molecule has 0 aliphatic carbocycles. The van der Waals surface area contributed by atoms with Crippen LogP contribution in [0.4, 0.5) is 5.69 Å². The molecule has 25 heavy (non-hydrogen) atoms. The second-order valence-corrected chi connectivity index (χ2v) is 6.28. The molecule has 0 fully saturated rings. The molecule has 134 valence electrons. The minimum Gasteiger partial charge on any atom is -0.496 e. The Balaban J connectivity index is 2.06. The Hall–Kier alpha value is -2.24. The van der Waals surface area contributed by atoms with Crippen LogP contribution < -0.4 is 20.1 Å². The monoisotopic (exact) mass is 363 g/mol. The molecule has 2 aromatic rings. The summed E-state index contributed by atoms with van der Waals surface area (Å²) in [5, 5.41) is 5.40. The summed E-state index contributed by atoms with van der Waals surface area (Å²) in [6.45, 7) is 3.90. The zero-order valence-electron chi connectivity index (χ0n) is 14.9. The summed E-state index contributed by atoms with van der Waals surface area (Å²) in [6, 6.07) is 12.7. The van der Waals surface area contributed by atoms with Crippen LogP contribution in [0.15, 0.2) is 42.5 Å². The Morgan fingerprint density at radius 1 is 1.08 bits per heavy atom. The van der Waals surface area contributed by atoms with Gasteiger partial charge in [-0.15, -0.1) is 0 Å². The zero-order chi connectivity index (χ0) is 18.4. The van der Waals surface area contributed by atoms with E-state index in [0.717, 1.165) is 11.3 Å². The molecule has 2 rings (SSSR count). The lowest BCUT2D eigenvalue weighted by Gasteiger charge is -2.19. The first kappa shape index (κ1) is 19.1. The highest BCUT2D eigenvalue weighted by atomic mass is 35.5. The van der Waals surface area contributed by atoms with E-state index in [1.54, 1.807) is 32.4 Å². The number of hydrogen-bond donors (Lipinski definition) is 2. The quantitative estimate of drug-likeness (QED) is 0.794. The number of anilines is 1. The molecule has 0 unspecified atom stereocenters. The van der Waals surface area contributed by atoms with Crippen LogP contribution in [-0.2, 0) is 4.79 Å². The normalized spacial score (nSPS) is 13.0. The van der Waals surface area contributed by atoms with Crippen molar-refractivity contribution in [3.05, 3.63) is 53.1 Å². The van der Waals surface area contributed by atoms with Gasteiger partial charge in [-0.25, -0.2) is 0 Å². The van der Waals surface area contributed by atoms with E-state index < -0.39 is 0 Å². The van der Waals surface area contributed by atoms with Gasteiger partial charge in [-0.2, -0.15) is 0 Å². The Labute approximate surface area is 153 Å². The molecule has 6 heteroatoms. The SMILES string of the molecule is COc1ccc(Cl)cc1NC(=O)[C@H](C)[NH2+][C@H](C)c1ccccc1OC. The van der Waals surface area contributed by atoms with E-state index in [2.05, 4.69) is 5.32 Å². The van der Waals surface area contributed by atoms with E-state index in [0.29, 0.717) is 16.5 Å². The van der Waals surface area contributed by atoms with E-state index in [1.807, 2.05) is 43.4 Å². The van der Waals surface area contributed by atoms with Crippen LogP contribution in [0.3, 0.4) is 0 Å². The second-order valence-electron chi connectivity index (χ2n) is 5.85. The number of rotatable bonds is 7. The molecule has 0 saturated carbocycles. The van der Waals surface area contributed by atoms with Crippen LogP contribution in [0.2, 0.25) is 5.02 Å². The molecule has 5 nitrogen and oxygen atoms in total. The molecule has 2 aromatic carbocycles. The average molecular weight is 364 g/mol. The fourth-order valence-electron chi connectivity index (χ4n) is 2.69. The third-order valence-corrected chi connectivity index (χ3v) is 4.27. The minimum atomic E-state index is -0.302. The summed E-state index contributed by atoms with van der Waals surface area (Å²) in [6.07, 6.45) is 0. The Morgan fingerprint density at radius 2 is 1.76 bits per heavy atom. The van der Waals surface area contributed by atoms with Crippen LogP contribution in [0.1, 0.15) is 25.5 Å². The summed E-state index contributed by atoms with van der Waals surface area (Å²) >= 11 is 6.01. The highest BCUT2D eigenvalue weighted by Crippen LogP contribution is 2.27. The maximum absolute atomic E-state index is 12.5. The first-order valence-electron chi connectivity index (χ1n) is 8.08. The van der Waals surface area contributed by atoms with E-state index in [-0.39, 0.29) is 18.0 Å². The smallest absolute Gasteiger partial charge is 0.282 e. The standard InChI is InChI=1S/C19H23ClN2O3/c1-12(15-7-5-6-8-17(15)24-3)21-13(2)19(23)22-16-11-14(20)9-10-18(16)25-4/h5-13,21H,1-4H3,(H,22,23)/p+1/t12-,13+/m1/s1. The number of benzene rings is 2. The number of ether oxygens (including phenoxy) is 2. The van der Waals surface area contributed by atoms with Crippen molar-refractivity contribution in [2.45, 2.75) is 25.9 Å². The summed E-state index contributed by atoms with van der Waals surface area (Å²) in [5.41, 5.74) is 1.61. The minimum absolute atomic E-state index is 0.0677. The molecule has 0 bridgehead atoms. The van der Waals surface area contributed by atoms with E-state index in [1.165, 1.54) is 0 Å². The highest BCUT2D eigenvalue weighted by molar-refractivity contribution is 6.31. The van der Waals surface area contributed by atoms with Gasteiger partial charge in [0, 0.05) is 5.02 Å². The van der Waals surface area contributed by atoms with Crippen molar-refractivity contribution >= 4 is 23.2 Å². The third-order valence-electron chi connectivity index (χ3n) is 4.04. The molecule has 0 heterocycles. The van der Waals surface area contributed by atoms with Crippen molar-refractivity contribution in [3.8, 4) is 11.5 Å². The lowest BCUT2D eigenvalue weighted by atomic mass is 10.1. The van der Waals surface area contributed by atoms with E-state index in [4.69, 9.17) is 21.1 Å². The Kier molecular flexibility index (Phi) is 6.67.